The minimum Gasteiger partial charge on any atom is -0.238 e. The van der Waals surface area contributed by atoms with E-state index in [0.29, 0.717) is 22.5 Å². The Bertz CT molecular complexity index is 4240. The third-order valence-electron chi connectivity index (χ3n) is 14.8. The zero-order valence-corrected chi connectivity index (χ0v) is 37.3. The topological polar surface area (TPSA) is 56.3 Å². The molecule has 0 fully saturated rings. The highest BCUT2D eigenvalue weighted by Gasteiger charge is 2.28. The number of nitrogens with zero attached hydrogens (tertiary/aromatic N) is 4. The Kier molecular flexibility index (Phi) is 8.21. The molecule has 2 aliphatic rings. The monoisotopic (exact) mass is 880 g/mol. The van der Waals surface area contributed by atoms with Crippen molar-refractivity contribution in [3.05, 3.63) is 228 Å². The van der Waals surface area contributed by atoms with Crippen LogP contribution in [0.2, 0.25) is 0 Å². The molecule has 12 aromatic rings. The maximum absolute atomic E-state index is 10.5. The third kappa shape index (κ3) is 5.54. The van der Waals surface area contributed by atoms with Crippen molar-refractivity contribution >= 4 is 65.2 Å². The Morgan fingerprint density at radius 1 is 0.286 bits per heavy atom. The normalized spacial score (nSPS) is 11.7. The molecule has 0 radical (unpaired) electrons. The van der Waals surface area contributed by atoms with E-state index in [4.69, 9.17) is 13.1 Å². The molecule has 0 heterocycles. The molecule has 4 heteroatoms. The third-order valence-corrected chi connectivity index (χ3v) is 14.8. The van der Waals surface area contributed by atoms with Crippen LogP contribution < -0.4 is 0 Å². The fourth-order valence-electron chi connectivity index (χ4n) is 11.7. The van der Waals surface area contributed by atoms with Gasteiger partial charge in [0.2, 0.25) is 0 Å². The van der Waals surface area contributed by atoms with Gasteiger partial charge < -0.3 is 0 Å². The lowest BCUT2D eigenvalue weighted by atomic mass is 9.82. The number of hydrogen-bond acceptors (Lipinski definition) is 2. The average molecular weight is 881 g/mol. The Balaban J connectivity index is 1.18. The summed E-state index contributed by atoms with van der Waals surface area (Å²) in [7, 11) is 0. The van der Waals surface area contributed by atoms with Crippen LogP contribution in [0.4, 0.5) is 11.4 Å². The summed E-state index contributed by atoms with van der Waals surface area (Å²) >= 11 is 0. The molecule has 4 nitrogen and oxygen atoms in total. The van der Waals surface area contributed by atoms with E-state index in [0.717, 1.165) is 88.0 Å². The lowest BCUT2D eigenvalue weighted by Crippen LogP contribution is -1.94. The first-order valence-electron chi connectivity index (χ1n) is 23.2. The van der Waals surface area contributed by atoms with Crippen LogP contribution in [0.1, 0.15) is 11.1 Å². The predicted molar refractivity (Wildman–Crippen MR) is 287 cm³/mol. The second kappa shape index (κ2) is 14.7. The van der Waals surface area contributed by atoms with E-state index in [9.17, 15) is 10.5 Å². The maximum atomic E-state index is 10.5. The number of fused-ring (bicyclic) bond motifs is 11. The molecule has 316 valence electrons. The van der Waals surface area contributed by atoms with Gasteiger partial charge in [-0.1, -0.05) is 127 Å². The molecule has 0 N–H and O–H groups in total. The quantitative estimate of drug-likeness (QED) is 0.131. The first kappa shape index (κ1) is 39.1. The van der Waals surface area contributed by atoms with E-state index >= 15 is 0 Å². The van der Waals surface area contributed by atoms with Crippen molar-refractivity contribution in [2.24, 2.45) is 0 Å². The summed E-state index contributed by atoms with van der Waals surface area (Å²) in [4.78, 5) is 7.65. The zero-order valence-electron chi connectivity index (χ0n) is 37.3. The van der Waals surface area contributed by atoms with Crippen LogP contribution in [0.15, 0.2) is 194 Å². The molecule has 0 unspecified atom stereocenters. The molecule has 0 bridgehead atoms. The van der Waals surface area contributed by atoms with Crippen molar-refractivity contribution in [3.8, 4) is 101 Å². The van der Waals surface area contributed by atoms with Crippen molar-refractivity contribution in [2.45, 2.75) is 0 Å². The molecule has 2 aliphatic carbocycles. The first-order valence-corrected chi connectivity index (χ1v) is 23.2. The van der Waals surface area contributed by atoms with Crippen LogP contribution in [0.5, 0.6) is 0 Å². The van der Waals surface area contributed by atoms with E-state index in [1.54, 1.807) is 0 Å². The van der Waals surface area contributed by atoms with Crippen molar-refractivity contribution in [3.63, 3.8) is 0 Å². The Morgan fingerprint density at radius 2 is 0.643 bits per heavy atom. The van der Waals surface area contributed by atoms with Crippen molar-refractivity contribution in [1.82, 2.24) is 0 Å². The fourth-order valence-corrected chi connectivity index (χ4v) is 11.7. The van der Waals surface area contributed by atoms with Gasteiger partial charge in [0.25, 0.3) is 0 Å². The number of benzene rings is 12. The lowest BCUT2D eigenvalue weighted by Gasteiger charge is -2.21. The summed E-state index contributed by atoms with van der Waals surface area (Å²) in [6.07, 6.45) is 0. The summed E-state index contributed by atoms with van der Waals surface area (Å²) in [5.41, 5.74) is 19.4. The van der Waals surface area contributed by atoms with Crippen molar-refractivity contribution < 1.29 is 0 Å². The molecule has 0 spiro atoms. The average Bonchev–Trinajstić information content (AvgIpc) is 3.91. The smallest absolute Gasteiger partial charge is 0.187 e. The van der Waals surface area contributed by atoms with Gasteiger partial charge in [0.1, 0.15) is 0 Å². The zero-order chi connectivity index (χ0) is 46.8. The van der Waals surface area contributed by atoms with Gasteiger partial charge in [-0.2, -0.15) is 10.5 Å². The molecule has 0 amide bonds. The summed E-state index contributed by atoms with van der Waals surface area (Å²) < 4.78 is 0. The second-order valence-electron chi connectivity index (χ2n) is 18.3. The van der Waals surface area contributed by atoms with Gasteiger partial charge in [-0.3, -0.25) is 0 Å². The van der Waals surface area contributed by atoms with Crippen LogP contribution in [0.25, 0.3) is 153 Å². The maximum Gasteiger partial charge on any atom is 0.187 e. The van der Waals surface area contributed by atoms with Gasteiger partial charge in [-0.25, -0.2) is 9.69 Å². The highest BCUT2D eigenvalue weighted by atomic mass is 14.6. The Morgan fingerprint density at radius 3 is 1.10 bits per heavy atom. The summed E-state index contributed by atoms with van der Waals surface area (Å²) in [5, 5.41) is 31.5. The highest BCUT2D eigenvalue weighted by Crippen LogP contribution is 2.55. The van der Waals surface area contributed by atoms with E-state index in [1.807, 2.05) is 84.9 Å². The van der Waals surface area contributed by atoms with Crippen LogP contribution >= 0.6 is 0 Å². The minimum absolute atomic E-state index is 0.539. The number of rotatable bonds is 4. The van der Waals surface area contributed by atoms with E-state index in [-0.39, 0.29) is 0 Å². The predicted octanol–water partition coefficient (Wildman–Crippen LogP) is 18.3. The molecule has 0 atom stereocenters. The van der Waals surface area contributed by atoms with Gasteiger partial charge >= 0.3 is 0 Å². The van der Waals surface area contributed by atoms with Gasteiger partial charge in [0.05, 0.1) is 36.4 Å². The van der Waals surface area contributed by atoms with Gasteiger partial charge in [-0.15, -0.1) is 0 Å². The van der Waals surface area contributed by atoms with Crippen LogP contribution in [0.3, 0.4) is 0 Å². The van der Waals surface area contributed by atoms with Crippen molar-refractivity contribution in [2.75, 3.05) is 0 Å². The molecule has 0 saturated heterocycles. The van der Waals surface area contributed by atoms with Gasteiger partial charge in [0, 0.05) is 0 Å². The standard InChI is InChI=1S/C66H32N4/c1-69-43-22-20-40(21-23-43)45-25-17-38(36-68)27-51(45)57-33-63-62-32-56-50-14-6-10-42-8-4-12-48(66(42)50)54(56)30-60(62)58(52-28-44(70-2)24-26-46(52)39-18-15-37(35-67)16-19-39)34-64(63)61-31-55-49-13-5-9-41-7-3-11-47(65(41)49)53(55)29-59(57)61/h3-34H. The summed E-state index contributed by atoms with van der Waals surface area (Å²) in [6, 6.07) is 72.5. The van der Waals surface area contributed by atoms with E-state index < -0.39 is 0 Å². The molecule has 14 rings (SSSR count). The summed E-state index contributed by atoms with van der Waals surface area (Å²) in [6.45, 7) is 15.9. The van der Waals surface area contributed by atoms with E-state index in [1.165, 1.54) is 54.9 Å². The molecular formula is C66H32N4. The minimum atomic E-state index is 0.539. The SMILES string of the molecule is [C-]#[N+]c1ccc(-c2ccc(C#N)cc2-c2cc3c4cc5c(cc4c(-c4cc([N+]#[C-])ccc4-c4ccc(C#N)cc4)cc3c3cc4c(cc23)-c2cccc3cccc-4c23)-c2cccc3cccc-5c23)cc1. The van der Waals surface area contributed by atoms with Gasteiger partial charge in [-0.05, 0) is 210 Å². The second-order valence-corrected chi connectivity index (χ2v) is 18.3. The first-order chi connectivity index (χ1) is 34.5. The molecule has 12 aromatic carbocycles. The van der Waals surface area contributed by atoms with Crippen LogP contribution in [-0.4, -0.2) is 0 Å². The van der Waals surface area contributed by atoms with Crippen LogP contribution in [-0.2, 0) is 0 Å². The van der Waals surface area contributed by atoms with Crippen molar-refractivity contribution in [1.29, 1.82) is 10.5 Å². The lowest BCUT2D eigenvalue weighted by molar-refractivity contribution is 1.48. The highest BCUT2D eigenvalue weighted by molar-refractivity contribution is 6.29. The van der Waals surface area contributed by atoms with Gasteiger partial charge in [0.15, 0.2) is 11.4 Å². The summed E-state index contributed by atoms with van der Waals surface area (Å²) in [5.74, 6) is 0. The molecule has 0 aromatic heterocycles. The number of hydrogen-bond donors (Lipinski definition) is 0. The Labute approximate surface area is 403 Å². The number of nitriles is 2. The molecular weight excluding hydrogens is 849 g/mol. The fraction of sp³-hybridized carbons (Fsp3) is 0. The van der Waals surface area contributed by atoms with Crippen LogP contribution in [0, 0.1) is 35.8 Å². The molecule has 70 heavy (non-hydrogen) atoms. The Hall–Kier alpha value is -10.1. The molecule has 0 aliphatic heterocycles. The van der Waals surface area contributed by atoms with E-state index in [2.05, 4.69) is 131 Å². The largest absolute Gasteiger partial charge is 0.238 e. The molecule has 0 saturated carbocycles.